The molecule has 3 aromatic rings. The molecule has 0 N–H and O–H groups in total. The predicted octanol–water partition coefficient (Wildman–Crippen LogP) is 3.70. The fourth-order valence-electron chi connectivity index (χ4n) is 3.89. The smallest absolute Gasteiger partial charge is 0.223 e. The minimum absolute atomic E-state index is 0.224. The summed E-state index contributed by atoms with van der Waals surface area (Å²) >= 11 is 0. The Kier molecular flexibility index (Phi) is 4.78. The van der Waals surface area contributed by atoms with Crippen molar-refractivity contribution in [3.63, 3.8) is 0 Å². The van der Waals surface area contributed by atoms with E-state index in [0.29, 0.717) is 12.4 Å². The van der Waals surface area contributed by atoms with Crippen LogP contribution in [0.15, 0.2) is 28.8 Å². The van der Waals surface area contributed by atoms with Gasteiger partial charge in [-0.05, 0) is 63.1 Å². The van der Waals surface area contributed by atoms with E-state index in [1.165, 1.54) is 6.07 Å². The van der Waals surface area contributed by atoms with Gasteiger partial charge in [-0.25, -0.2) is 9.07 Å². The predicted molar refractivity (Wildman–Crippen MR) is 99.3 cm³/mol. The number of nitrogens with zero attached hydrogens (tertiary/aromatic N) is 5. The molecule has 0 radical (unpaired) electrons. The maximum atomic E-state index is 14.0. The van der Waals surface area contributed by atoms with Crippen LogP contribution in [0.5, 0.6) is 0 Å². The van der Waals surface area contributed by atoms with Crippen molar-refractivity contribution in [3.8, 4) is 5.69 Å². The molecule has 1 fully saturated rings. The second-order valence-electron chi connectivity index (χ2n) is 7.36. The Morgan fingerprint density at radius 1 is 1.22 bits per heavy atom. The normalized spacial score (nSPS) is 18.1. The number of aromatic nitrogens is 4. The molecule has 2 aromatic heterocycles. The Morgan fingerprint density at radius 2 is 2.07 bits per heavy atom. The van der Waals surface area contributed by atoms with Crippen molar-refractivity contribution in [3.05, 3.63) is 58.7 Å². The van der Waals surface area contributed by atoms with Crippen LogP contribution in [0.3, 0.4) is 0 Å². The van der Waals surface area contributed by atoms with Crippen LogP contribution in [-0.4, -0.2) is 37.9 Å². The van der Waals surface area contributed by atoms with Crippen LogP contribution in [0, 0.1) is 26.6 Å². The lowest BCUT2D eigenvalue weighted by atomic mass is 9.96. The van der Waals surface area contributed by atoms with Crippen LogP contribution in [-0.2, 0) is 6.54 Å². The highest BCUT2D eigenvalue weighted by Gasteiger charge is 2.26. The third-order valence-corrected chi connectivity index (χ3v) is 5.09. The van der Waals surface area contributed by atoms with Crippen molar-refractivity contribution in [1.29, 1.82) is 0 Å². The Hall–Kier alpha value is -2.54. The summed E-state index contributed by atoms with van der Waals surface area (Å²) in [6.07, 6.45) is 2.10. The second kappa shape index (κ2) is 7.23. The van der Waals surface area contributed by atoms with E-state index in [9.17, 15) is 4.39 Å². The summed E-state index contributed by atoms with van der Waals surface area (Å²) in [6.45, 7) is 8.27. The van der Waals surface area contributed by atoms with Gasteiger partial charge in [0.05, 0.1) is 11.4 Å². The van der Waals surface area contributed by atoms with E-state index in [-0.39, 0.29) is 11.7 Å². The van der Waals surface area contributed by atoms with E-state index in [1.807, 2.05) is 37.6 Å². The molecule has 6 nitrogen and oxygen atoms in total. The van der Waals surface area contributed by atoms with Crippen LogP contribution in [0.2, 0.25) is 0 Å². The molecule has 1 unspecified atom stereocenters. The molecule has 1 aromatic carbocycles. The highest BCUT2D eigenvalue weighted by molar-refractivity contribution is 5.42. The first-order chi connectivity index (χ1) is 13.0. The lowest BCUT2D eigenvalue weighted by molar-refractivity contribution is 0.194. The first-order valence-corrected chi connectivity index (χ1v) is 9.34. The summed E-state index contributed by atoms with van der Waals surface area (Å²) in [5, 5.41) is 8.66. The van der Waals surface area contributed by atoms with Gasteiger partial charge >= 0.3 is 0 Å². The number of aryl methyl sites for hydroxylation is 3. The number of hydrogen-bond donors (Lipinski definition) is 0. The number of rotatable bonds is 4. The topological polar surface area (TPSA) is 60.0 Å². The van der Waals surface area contributed by atoms with E-state index in [1.54, 1.807) is 6.07 Å². The van der Waals surface area contributed by atoms with Crippen LogP contribution in [0.4, 0.5) is 4.39 Å². The number of halogens is 1. The highest BCUT2D eigenvalue weighted by atomic mass is 19.1. The quantitative estimate of drug-likeness (QED) is 0.702. The third-order valence-electron chi connectivity index (χ3n) is 5.09. The molecule has 1 aliphatic rings. The lowest BCUT2D eigenvalue weighted by Gasteiger charge is -2.31. The van der Waals surface area contributed by atoms with Gasteiger partial charge in [-0.15, -0.1) is 0 Å². The molecule has 1 atom stereocenters. The maximum Gasteiger partial charge on any atom is 0.223 e. The van der Waals surface area contributed by atoms with Gasteiger partial charge < -0.3 is 4.52 Å². The molecule has 0 amide bonds. The van der Waals surface area contributed by atoms with Crippen molar-refractivity contribution in [2.24, 2.45) is 0 Å². The highest BCUT2D eigenvalue weighted by Crippen LogP contribution is 2.27. The minimum Gasteiger partial charge on any atom is -0.340 e. The molecule has 0 saturated carbocycles. The SMILES string of the molecule is Cc1cc(C)n(-c2ccc(F)cc2CN2CCCC(c3noc(C)n3)C2)n1. The summed E-state index contributed by atoms with van der Waals surface area (Å²) in [6, 6.07) is 6.96. The Morgan fingerprint density at radius 3 is 2.78 bits per heavy atom. The number of piperidine rings is 1. The van der Waals surface area contributed by atoms with Crippen molar-refractivity contribution in [1.82, 2.24) is 24.8 Å². The van der Waals surface area contributed by atoms with Gasteiger partial charge in [0, 0.05) is 31.6 Å². The molecule has 1 saturated heterocycles. The fourth-order valence-corrected chi connectivity index (χ4v) is 3.89. The lowest BCUT2D eigenvalue weighted by Crippen LogP contribution is -2.34. The molecule has 3 heterocycles. The van der Waals surface area contributed by atoms with E-state index in [0.717, 1.165) is 54.4 Å². The zero-order valence-electron chi connectivity index (χ0n) is 15.9. The summed E-state index contributed by atoms with van der Waals surface area (Å²) in [5.41, 5.74) is 3.86. The molecular formula is C20H24FN5O. The van der Waals surface area contributed by atoms with E-state index in [2.05, 4.69) is 20.1 Å². The zero-order valence-corrected chi connectivity index (χ0v) is 15.9. The molecule has 0 spiro atoms. The summed E-state index contributed by atoms with van der Waals surface area (Å²) in [4.78, 5) is 6.73. The van der Waals surface area contributed by atoms with Crippen LogP contribution >= 0.6 is 0 Å². The van der Waals surface area contributed by atoms with Gasteiger partial charge in [-0.1, -0.05) is 5.16 Å². The Balaban J connectivity index is 1.58. The zero-order chi connectivity index (χ0) is 19.0. The van der Waals surface area contributed by atoms with Crippen LogP contribution < -0.4 is 0 Å². The molecule has 27 heavy (non-hydrogen) atoms. The van der Waals surface area contributed by atoms with Gasteiger partial charge in [0.2, 0.25) is 5.89 Å². The number of likely N-dealkylation sites (tertiary alicyclic amines) is 1. The Bertz CT molecular complexity index is 948. The van der Waals surface area contributed by atoms with Gasteiger partial charge in [-0.2, -0.15) is 10.1 Å². The first kappa shape index (κ1) is 17.9. The molecular weight excluding hydrogens is 345 g/mol. The third kappa shape index (κ3) is 3.78. The monoisotopic (exact) mass is 369 g/mol. The molecule has 1 aliphatic heterocycles. The largest absolute Gasteiger partial charge is 0.340 e. The van der Waals surface area contributed by atoms with Crippen molar-refractivity contribution in [2.75, 3.05) is 13.1 Å². The van der Waals surface area contributed by atoms with E-state index in [4.69, 9.17) is 4.52 Å². The van der Waals surface area contributed by atoms with Crippen molar-refractivity contribution >= 4 is 0 Å². The van der Waals surface area contributed by atoms with Gasteiger partial charge in [0.25, 0.3) is 0 Å². The standard InChI is InChI=1S/C20H24FN5O/c1-13-9-14(2)26(23-13)19-7-6-18(21)10-17(19)12-25-8-4-5-16(11-25)20-22-15(3)27-24-20/h6-7,9-10,16H,4-5,8,11-12H2,1-3H3. The number of benzene rings is 1. The summed E-state index contributed by atoms with van der Waals surface area (Å²) in [7, 11) is 0. The second-order valence-corrected chi connectivity index (χ2v) is 7.36. The van der Waals surface area contributed by atoms with Crippen LogP contribution in [0.25, 0.3) is 5.69 Å². The minimum atomic E-state index is -0.224. The maximum absolute atomic E-state index is 14.0. The van der Waals surface area contributed by atoms with Crippen LogP contribution in [0.1, 0.15) is 47.4 Å². The van der Waals surface area contributed by atoms with E-state index >= 15 is 0 Å². The Labute approximate surface area is 158 Å². The number of hydrogen-bond acceptors (Lipinski definition) is 5. The average molecular weight is 369 g/mol. The summed E-state index contributed by atoms with van der Waals surface area (Å²) in [5.74, 6) is 1.40. The molecule has 7 heteroatoms. The molecule has 142 valence electrons. The molecule has 4 rings (SSSR count). The van der Waals surface area contributed by atoms with Gasteiger partial charge in [0.15, 0.2) is 5.82 Å². The molecule has 0 aliphatic carbocycles. The average Bonchev–Trinajstić information content (AvgIpc) is 3.20. The van der Waals surface area contributed by atoms with E-state index < -0.39 is 0 Å². The van der Waals surface area contributed by atoms with Gasteiger partial charge in [0.1, 0.15) is 5.82 Å². The van der Waals surface area contributed by atoms with Crippen molar-refractivity contribution < 1.29 is 8.91 Å². The fraction of sp³-hybridized carbons (Fsp3) is 0.450. The van der Waals surface area contributed by atoms with Crippen molar-refractivity contribution in [2.45, 2.75) is 46.1 Å². The summed E-state index contributed by atoms with van der Waals surface area (Å²) < 4.78 is 21.0. The molecule has 0 bridgehead atoms. The first-order valence-electron chi connectivity index (χ1n) is 9.34. The van der Waals surface area contributed by atoms with Gasteiger partial charge in [-0.3, -0.25) is 4.90 Å².